The molecule has 2 aromatic rings. The maximum absolute atomic E-state index is 10.3. The van der Waals surface area contributed by atoms with Gasteiger partial charge in [0, 0.05) is 5.02 Å². The summed E-state index contributed by atoms with van der Waals surface area (Å²) >= 11 is 5.83. The van der Waals surface area contributed by atoms with Gasteiger partial charge in [0.15, 0.2) is 0 Å². The highest BCUT2D eigenvalue weighted by Gasteiger charge is 2.20. The summed E-state index contributed by atoms with van der Waals surface area (Å²) in [4.78, 5) is 0. The second kappa shape index (κ2) is 6.50. The van der Waals surface area contributed by atoms with E-state index in [1.54, 1.807) is 24.3 Å². The van der Waals surface area contributed by atoms with E-state index in [1.165, 1.54) is 24.8 Å². The number of hydrogen-bond donors (Lipinski definition) is 1. The number of aliphatic hydroxyl groups is 1. The van der Waals surface area contributed by atoms with Gasteiger partial charge in [-0.25, -0.2) is 0 Å². The van der Waals surface area contributed by atoms with Crippen molar-refractivity contribution in [2.75, 3.05) is 6.61 Å². The van der Waals surface area contributed by atoms with E-state index in [0.29, 0.717) is 16.7 Å². The van der Waals surface area contributed by atoms with Gasteiger partial charge in [-0.05, 0) is 54.2 Å². The molecule has 2 nitrogen and oxygen atoms in total. The lowest BCUT2D eigenvalue weighted by molar-refractivity contribution is 0.108. The zero-order chi connectivity index (χ0) is 14.7. The van der Waals surface area contributed by atoms with Crippen molar-refractivity contribution < 1.29 is 9.84 Å². The van der Waals surface area contributed by atoms with Crippen LogP contribution in [0.1, 0.15) is 42.4 Å². The molecule has 21 heavy (non-hydrogen) atoms. The van der Waals surface area contributed by atoms with Crippen LogP contribution >= 0.6 is 11.6 Å². The molecule has 0 spiro atoms. The number of benzene rings is 2. The van der Waals surface area contributed by atoms with Crippen LogP contribution in [-0.2, 0) is 0 Å². The van der Waals surface area contributed by atoms with Crippen molar-refractivity contribution in [3.05, 3.63) is 64.7 Å². The first-order valence-corrected chi connectivity index (χ1v) is 7.76. The van der Waals surface area contributed by atoms with Crippen LogP contribution in [0.3, 0.4) is 0 Å². The van der Waals surface area contributed by atoms with E-state index in [9.17, 15) is 5.11 Å². The molecule has 3 rings (SSSR count). The van der Waals surface area contributed by atoms with Crippen LogP contribution in [0.2, 0.25) is 5.02 Å². The molecule has 2 aromatic carbocycles. The molecular formula is C18H19ClO2. The first-order chi connectivity index (χ1) is 10.2. The zero-order valence-corrected chi connectivity index (χ0v) is 12.6. The van der Waals surface area contributed by atoms with Crippen LogP contribution in [0.25, 0.3) is 0 Å². The van der Waals surface area contributed by atoms with Crippen molar-refractivity contribution in [3.8, 4) is 5.75 Å². The minimum Gasteiger partial charge on any atom is -0.491 e. The van der Waals surface area contributed by atoms with Gasteiger partial charge in [0.1, 0.15) is 18.5 Å². The fraction of sp³-hybridized carbons (Fsp3) is 0.333. The molecule has 1 aliphatic carbocycles. The fourth-order valence-corrected chi connectivity index (χ4v) is 2.69. The lowest BCUT2D eigenvalue weighted by atomic mass is 9.79. The monoisotopic (exact) mass is 302 g/mol. The first-order valence-electron chi connectivity index (χ1n) is 7.38. The normalized spacial score (nSPS) is 16.3. The molecule has 1 aliphatic rings. The molecule has 1 N–H and O–H groups in total. The molecule has 1 atom stereocenters. The van der Waals surface area contributed by atoms with Crippen molar-refractivity contribution in [1.29, 1.82) is 0 Å². The van der Waals surface area contributed by atoms with E-state index in [2.05, 4.69) is 12.1 Å². The average Bonchev–Trinajstić information content (AvgIpc) is 2.45. The summed E-state index contributed by atoms with van der Waals surface area (Å²) in [5.41, 5.74) is 2.26. The maximum atomic E-state index is 10.3. The second-order valence-corrected chi connectivity index (χ2v) is 6.02. The highest BCUT2D eigenvalue weighted by Crippen LogP contribution is 2.37. The van der Waals surface area contributed by atoms with E-state index in [-0.39, 0.29) is 6.61 Å². The number of rotatable bonds is 5. The van der Waals surface area contributed by atoms with Gasteiger partial charge < -0.3 is 9.84 Å². The Morgan fingerprint density at radius 1 is 1.14 bits per heavy atom. The quantitative estimate of drug-likeness (QED) is 0.866. The van der Waals surface area contributed by atoms with Crippen LogP contribution < -0.4 is 4.74 Å². The second-order valence-electron chi connectivity index (χ2n) is 5.58. The molecule has 0 aliphatic heterocycles. The Kier molecular flexibility index (Phi) is 4.47. The minimum absolute atomic E-state index is 0.246. The Morgan fingerprint density at radius 2 is 1.90 bits per heavy atom. The smallest absolute Gasteiger partial charge is 0.119 e. The van der Waals surface area contributed by atoms with Crippen molar-refractivity contribution in [1.82, 2.24) is 0 Å². The fourth-order valence-electron chi connectivity index (χ4n) is 2.56. The Labute approximate surface area is 130 Å². The summed E-state index contributed by atoms with van der Waals surface area (Å²) in [5.74, 6) is 1.39. The molecular weight excluding hydrogens is 284 g/mol. The lowest BCUT2D eigenvalue weighted by Gasteiger charge is -2.26. The first kappa shape index (κ1) is 14.4. The SMILES string of the molecule is OC(COc1ccc(Cl)cc1)c1cccc(C2CCC2)c1. The lowest BCUT2D eigenvalue weighted by Crippen LogP contribution is -2.12. The molecule has 0 bridgehead atoms. The summed E-state index contributed by atoms with van der Waals surface area (Å²) in [5, 5.41) is 11.0. The Morgan fingerprint density at radius 3 is 2.57 bits per heavy atom. The van der Waals surface area contributed by atoms with E-state index >= 15 is 0 Å². The van der Waals surface area contributed by atoms with E-state index in [0.717, 1.165) is 5.56 Å². The molecule has 3 heteroatoms. The molecule has 1 saturated carbocycles. The van der Waals surface area contributed by atoms with Gasteiger partial charge in [-0.3, -0.25) is 0 Å². The van der Waals surface area contributed by atoms with Crippen LogP contribution in [0, 0.1) is 0 Å². The summed E-state index contributed by atoms with van der Waals surface area (Å²) in [6.45, 7) is 0.246. The number of aliphatic hydroxyl groups excluding tert-OH is 1. The summed E-state index contributed by atoms with van der Waals surface area (Å²) in [7, 11) is 0. The molecule has 1 fully saturated rings. The van der Waals surface area contributed by atoms with E-state index < -0.39 is 6.10 Å². The predicted octanol–water partition coefficient (Wildman–Crippen LogP) is 4.72. The Balaban J connectivity index is 1.62. The Bertz CT molecular complexity index is 590. The van der Waals surface area contributed by atoms with Gasteiger partial charge in [0.05, 0.1) is 0 Å². The van der Waals surface area contributed by atoms with Gasteiger partial charge in [-0.1, -0.05) is 42.3 Å². The van der Waals surface area contributed by atoms with Crippen molar-refractivity contribution in [2.45, 2.75) is 31.3 Å². The largest absolute Gasteiger partial charge is 0.491 e. The van der Waals surface area contributed by atoms with E-state index in [4.69, 9.17) is 16.3 Å². The van der Waals surface area contributed by atoms with Gasteiger partial charge in [-0.2, -0.15) is 0 Å². The number of halogens is 1. The Hall–Kier alpha value is -1.51. The topological polar surface area (TPSA) is 29.5 Å². The van der Waals surface area contributed by atoms with Gasteiger partial charge in [-0.15, -0.1) is 0 Å². The van der Waals surface area contributed by atoms with Crippen LogP contribution in [0.5, 0.6) is 5.75 Å². The standard InChI is InChI=1S/C18H19ClO2/c19-16-7-9-17(10-8-16)21-12-18(20)15-6-2-5-14(11-15)13-3-1-4-13/h2,5-11,13,18,20H,1,3-4,12H2. The predicted molar refractivity (Wildman–Crippen MR) is 84.9 cm³/mol. The minimum atomic E-state index is -0.610. The zero-order valence-electron chi connectivity index (χ0n) is 11.8. The van der Waals surface area contributed by atoms with E-state index in [1.807, 2.05) is 12.1 Å². The maximum Gasteiger partial charge on any atom is 0.119 e. The van der Waals surface area contributed by atoms with Crippen molar-refractivity contribution in [2.24, 2.45) is 0 Å². The van der Waals surface area contributed by atoms with Crippen LogP contribution in [-0.4, -0.2) is 11.7 Å². The molecule has 0 heterocycles. The molecule has 0 aromatic heterocycles. The third-order valence-electron chi connectivity index (χ3n) is 4.09. The molecule has 0 amide bonds. The number of ether oxygens (including phenoxy) is 1. The van der Waals surface area contributed by atoms with Crippen LogP contribution in [0.4, 0.5) is 0 Å². The third-order valence-corrected chi connectivity index (χ3v) is 4.35. The van der Waals surface area contributed by atoms with Gasteiger partial charge >= 0.3 is 0 Å². The number of hydrogen-bond acceptors (Lipinski definition) is 2. The third kappa shape index (κ3) is 3.58. The summed E-state index contributed by atoms with van der Waals surface area (Å²) in [6, 6.07) is 15.4. The van der Waals surface area contributed by atoms with Crippen molar-refractivity contribution >= 4 is 11.6 Å². The highest BCUT2D eigenvalue weighted by atomic mass is 35.5. The summed E-state index contributed by atoms with van der Waals surface area (Å²) < 4.78 is 5.61. The van der Waals surface area contributed by atoms with Crippen molar-refractivity contribution in [3.63, 3.8) is 0 Å². The average molecular weight is 303 g/mol. The molecule has 0 saturated heterocycles. The highest BCUT2D eigenvalue weighted by molar-refractivity contribution is 6.30. The van der Waals surface area contributed by atoms with Gasteiger partial charge in [0.25, 0.3) is 0 Å². The molecule has 0 radical (unpaired) electrons. The molecule has 1 unspecified atom stereocenters. The van der Waals surface area contributed by atoms with Crippen LogP contribution in [0.15, 0.2) is 48.5 Å². The molecule has 110 valence electrons. The summed E-state index contributed by atoms with van der Waals surface area (Å²) in [6.07, 6.45) is 3.24. The van der Waals surface area contributed by atoms with Gasteiger partial charge in [0.2, 0.25) is 0 Å².